The Labute approximate surface area is 200 Å². The number of halogens is 1. The van der Waals surface area contributed by atoms with E-state index in [1.807, 2.05) is 24.3 Å². The van der Waals surface area contributed by atoms with Gasteiger partial charge in [0, 0.05) is 54.6 Å². The normalized spacial score (nSPS) is 27.7. The Morgan fingerprint density at radius 3 is 2.59 bits per heavy atom. The van der Waals surface area contributed by atoms with Gasteiger partial charge < -0.3 is 9.80 Å². The van der Waals surface area contributed by atoms with Gasteiger partial charge in [0.05, 0.1) is 0 Å². The predicted molar refractivity (Wildman–Crippen MR) is 130 cm³/mol. The summed E-state index contributed by atoms with van der Waals surface area (Å²) in [5.41, 5.74) is 1.81. The van der Waals surface area contributed by atoms with E-state index in [1.54, 1.807) is 0 Å². The average molecular weight is 473 g/mol. The van der Waals surface area contributed by atoms with Crippen molar-refractivity contribution in [2.75, 3.05) is 24.5 Å². The van der Waals surface area contributed by atoms with E-state index in [2.05, 4.69) is 34.9 Å². The predicted octanol–water partition coefficient (Wildman–Crippen LogP) is 5.43. The average Bonchev–Trinajstić information content (AvgIpc) is 3.30. The summed E-state index contributed by atoms with van der Waals surface area (Å²) in [6.45, 7) is 9.83. The zero-order valence-corrected chi connectivity index (χ0v) is 20.9. The topological polar surface area (TPSA) is 49.3 Å². The molecule has 2 saturated heterocycles. The Morgan fingerprint density at radius 1 is 1.16 bits per heavy atom. The van der Waals surface area contributed by atoms with Gasteiger partial charge in [-0.15, -0.1) is 0 Å². The standard InChI is InChI=1S/C25H33ClN4OS/c1-24(2)13-20-14-25(3,15-24)16-30(20)22(31)18-8-10-29(11-9-18)23-27-21(28-32-23)12-17-4-6-19(26)7-5-17/h4-7,18,20H,8-16H2,1-3H3. The number of fused-ring (bicyclic) bond motifs is 2. The molecule has 0 radical (unpaired) electrons. The largest absolute Gasteiger partial charge is 0.347 e. The van der Waals surface area contributed by atoms with Crippen LogP contribution in [0.5, 0.6) is 0 Å². The van der Waals surface area contributed by atoms with E-state index in [4.69, 9.17) is 16.6 Å². The van der Waals surface area contributed by atoms with Gasteiger partial charge in [0.15, 0.2) is 0 Å². The second-order valence-electron chi connectivity index (χ2n) is 11.2. The molecule has 1 aromatic carbocycles. The van der Waals surface area contributed by atoms with Crippen LogP contribution in [-0.4, -0.2) is 45.8 Å². The maximum atomic E-state index is 13.4. The van der Waals surface area contributed by atoms with Crippen molar-refractivity contribution in [2.45, 2.75) is 65.3 Å². The summed E-state index contributed by atoms with van der Waals surface area (Å²) in [5, 5.41) is 1.72. The molecule has 2 unspecified atom stereocenters. The van der Waals surface area contributed by atoms with Gasteiger partial charge in [-0.05, 0) is 60.6 Å². The van der Waals surface area contributed by atoms with Crippen molar-refractivity contribution >= 4 is 34.2 Å². The van der Waals surface area contributed by atoms with Crippen molar-refractivity contribution in [1.82, 2.24) is 14.3 Å². The van der Waals surface area contributed by atoms with Gasteiger partial charge in [-0.1, -0.05) is 44.5 Å². The fourth-order valence-corrected chi connectivity index (χ4v) is 7.36. The van der Waals surface area contributed by atoms with Crippen LogP contribution in [0.1, 0.15) is 64.3 Å². The molecule has 3 fully saturated rings. The molecule has 3 aliphatic rings. The van der Waals surface area contributed by atoms with Crippen molar-refractivity contribution in [2.24, 2.45) is 16.7 Å². The van der Waals surface area contributed by atoms with Crippen LogP contribution in [0, 0.1) is 16.7 Å². The lowest BCUT2D eigenvalue weighted by molar-refractivity contribution is -0.137. The number of benzene rings is 1. The molecule has 1 aliphatic carbocycles. The highest BCUT2D eigenvalue weighted by Gasteiger charge is 2.51. The number of rotatable bonds is 4. The first-order valence-corrected chi connectivity index (χ1v) is 13.0. The Kier molecular flexibility index (Phi) is 5.73. The lowest BCUT2D eigenvalue weighted by Crippen LogP contribution is -2.45. The quantitative estimate of drug-likeness (QED) is 0.595. The van der Waals surface area contributed by atoms with Gasteiger partial charge in [-0.3, -0.25) is 4.79 Å². The maximum Gasteiger partial charge on any atom is 0.226 e. The van der Waals surface area contributed by atoms with E-state index >= 15 is 0 Å². The van der Waals surface area contributed by atoms with E-state index in [0.29, 0.717) is 29.2 Å². The Morgan fingerprint density at radius 2 is 1.88 bits per heavy atom. The lowest BCUT2D eigenvalue weighted by atomic mass is 9.65. The molecule has 2 atom stereocenters. The second-order valence-corrected chi connectivity index (χ2v) is 12.4. The summed E-state index contributed by atoms with van der Waals surface area (Å²) in [7, 11) is 0. The first-order valence-electron chi connectivity index (χ1n) is 11.8. The number of hydrogen-bond acceptors (Lipinski definition) is 5. The molecule has 1 amide bonds. The zero-order chi connectivity index (χ0) is 22.5. The molecule has 3 heterocycles. The molecule has 5 nitrogen and oxygen atoms in total. The van der Waals surface area contributed by atoms with Gasteiger partial charge in [-0.25, -0.2) is 4.98 Å². The first kappa shape index (κ1) is 22.1. The number of carbonyl (C=O) groups excluding carboxylic acids is 1. The Bertz CT molecular complexity index is 982. The molecule has 0 N–H and O–H groups in total. The highest BCUT2D eigenvalue weighted by molar-refractivity contribution is 7.09. The molecule has 1 aromatic heterocycles. The van der Waals surface area contributed by atoms with Crippen molar-refractivity contribution in [1.29, 1.82) is 0 Å². The first-order chi connectivity index (χ1) is 15.2. The fraction of sp³-hybridized carbons (Fsp3) is 0.640. The smallest absolute Gasteiger partial charge is 0.226 e. The van der Waals surface area contributed by atoms with Gasteiger partial charge in [0.1, 0.15) is 5.82 Å². The third-order valence-electron chi connectivity index (χ3n) is 7.55. The molecule has 1 saturated carbocycles. The molecule has 5 rings (SSSR count). The fourth-order valence-electron chi connectivity index (χ4n) is 6.50. The molecule has 7 heteroatoms. The van der Waals surface area contributed by atoms with E-state index in [0.717, 1.165) is 60.4 Å². The van der Waals surface area contributed by atoms with Crippen LogP contribution in [0.4, 0.5) is 5.13 Å². The van der Waals surface area contributed by atoms with Crippen molar-refractivity contribution in [3.63, 3.8) is 0 Å². The Balaban J connectivity index is 1.17. The third-order valence-corrected chi connectivity index (χ3v) is 8.61. The van der Waals surface area contributed by atoms with E-state index in [1.165, 1.54) is 24.4 Å². The van der Waals surface area contributed by atoms with Crippen molar-refractivity contribution in [3.8, 4) is 0 Å². The van der Waals surface area contributed by atoms with Crippen LogP contribution in [0.2, 0.25) is 5.02 Å². The van der Waals surface area contributed by atoms with Crippen LogP contribution >= 0.6 is 23.1 Å². The van der Waals surface area contributed by atoms with Crippen LogP contribution in [0.15, 0.2) is 24.3 Å². The minimum Gasteiger partial charge on any atom is -0.347 e. The molecule has 0 spiro atoms. The zero-order valence-electron chi connectivity index (χ0n) is 19.3. The molecule has 32 heavy (non-hydrogen) atoms. The van der Waals surface area contributed by atoms with Gasteiger partial charge in [0.2, 0.25) is 11.0 Å². The van der Waals surface area contributed by atoms with Crippen LogP contribution < -0.4 is 4.90 Å². The van der Waals surface area contributed by atoms with Crippen molar-refractivity contribution < 1.29 is 4.79 Å². The maximum absolute atomic E-state index is 13.4. The number of piperidine rings is 1. The number of hydrogen-bond donors (Lipinski definition) is 0. The second kappa shape index (κ2) is 8.28. The minimum atomic E-state index is 0.152. The Hall–Kier alpha value is -1.66. The molecule has 2 aliphatic heterocycles. The summed E-state index contributed by atoms with van der Waals surface area (Å²) < 4.78 is 4.56. The molecule has 172 valence electrons. The van der Waals surface area contributed by atoms with Crippen LogP contribution in [-0.2, 0) is 11.2 Å². The van der Waals surface area contributed by atoms with Crippen LogP contribution in [0.25, 0.3) is 0 Å². The number of nitrogens with zero attached hydrogens (tertiary/aromatic N) is 4. The monoisotopic (exact) mass is 472 g/mol. The number of likely N-dealkylation sites (tertiary alicyclic amines) is 1. The van der Waals surface area contributed by atoms with Crippen LogP contribution in [0.3, 0.4) is 0 Å². The summed E-state index contributed by atoms with van der Waals surface area (Å²) in [5.74, 6) is 1.40. The highest BCUT2D eigenvalue weighted by atomic mass is 35.5. The minimum absolute atomic E-state index is 0.152. The van der Waals surface area contributed by atoms with Gasteiger partial charge in [0.25, 0.3) is 0 Å². The SMILES string of the molecule is CC1(C)CC2CC(C)(CN2C(=O)C2CCN(c3nc(Cc4ccc(Cl)cc4)ns3)CC2)C1. The number of carbonyl (C=O) groups is 1. The van der Waals surface area contributed by atoms with Crippen molar-refractivity contribution in [3.05, 3.63) is 40.7 Å². The lowest BCUT2D eigenvalue weighted by Gasteiger charge is -2.40. The molecule has 2 bridgehead atoms. The third kappa shape index (κ3) is 4.54. The highest BCUT2D eigenvalue weighted by Crippen LogP contribution is 2.52. The molecule has 2 aromatic rings. The summed E-state index contributed by atoms with van der Waals surface area (Å²) >= 11 is 7.45. The van der Waals surface area contributed by atoms with Gasteiger partial charge >= 0.3 is 0 Å². The van der Waals surface area contributed by atoms with E-state index in [-0.39, 0.29) is 5.92 Å². The van der Waals surface area contributed by atoms with E-state index < -0.39 is 0 Å². The molecular weight excluding hydrogens is 440 g/mol. The molecular formula is C25H33ClN4OS. The summed E-state index contributed by atoms with van der Waals surface area (Å²) in [6.07, 6.45) is 6.10. The number of anilines is 1. The summed E-state index contributed by atoms with van der Waals surface area (Å²) in [6, 6.07) is 8.29. The van der Waals surface area contributed by atoms with Gasteiger partial charge in [-0.2, -0.15) is 4.37 Å². The summed E-state index contributed by atoms with van der Waals surface area (Å²) in [4.78, 5) is 22.8. The number of amides is 1. The number of aromatic nitrogens is 2. The van der Waals surface area contributed by atoms with E-state index in [9.17, 15) is 4.79 Å².